The molecule has 194 valence electrons. The number of sulfonamides is 1. The lowest BCUT2D eigenvalue weighted by Crippen LogP contribution is -2.44. The Morgan fingerprint density at radius 2 is 1.75 bits per heavy atom. The highest BCUT2D eigenvalue weighted by molar-refractivity contribution is 7.92. The quantitative estimate of drug-likeness (QED) is 0.413. The molecule has 0 unspecified atom stereocenters. The molecule has 3 aromatic rings. The van der Waals surface area contributed by atoms with E-state index in [1.165, 1.54) is 28.6 Å². The van der Waals surface area contributed by atoms with Crippen LogP contribution in [0.3, 0.4) is 0 Å². The van der Waals surface area contributed by atoms with Crippen LogP contribution in [0, 0.1) is 5.82 Å². The number of benzene rings is 2. The molecule has 4 rings (SSSR count). The first-order valence-electron chi connectivity index (χ1n) is 12.1. The minimum absolute atomic E-state index is 0.107. The highest BCUT2D eigenvalue weighted by Crippen LogP contribution is 2.37. The Kier molecular flexibility index (Phi) is 8.29. The molecule has 1 aliphatic heterocycles. The maximum Gasteiger partial charge on any atom is 0.264 e. The highest BCUT2D eigenvalue weighted by atomic mass is 35.5. The number of unbranched alkanes of at least 4 members (excludes halogenated alkanes) is 1. The van der Waals surface area contributed by atoms with Crippen LogP contribution in [0.25, 0.3) is 11.4 Å². The zero-order valence-corrected chi connectivity index (χ0v) is 22.4. The van der Waals surface area contributed by atoms with Crippen LogP contribution in [-0.2, 0) is 23.6 Å². The van der Waals surface area contributed by atoms with Crippen LogP contribution in [0.2, 0.25) is 5.02 Å². The van der Waals surface area contributed by atoms with Gasteiger partial charge < -0.3 is 9.47 Å². The van der Waals surface area contributed by atoms with Gasteiger partial charge in [-0.2, -0.15) is 0 Å². The molecule has 2 heterocycles. The molecule has 1 aromatic heterocycles. The van der Waals surface area contributed by atoms with Crippen LogP contribution in [0.5, 0.6) is 0 Å². The maximum atomic E-state index is 14.8. The van der Waals surface area contributed by atoms with Gasteiger partial charge in [-0.05, 0) is 31.7 Å². The molecule has 1 saturated heterocycles. The van der Waals surface area contributed by atoms with Crippen molar-refractivity contribution in [3.05, 3.63) is 59.1 Å². The topological polar surface area (TPSA) is 74.6 Å². The summed E-state index contributed by atoms with van der Waals surface area (Å²) < 4.78 is 45.3. The summed E-state index contributed by atoms with van der Waals surface area (Å²) in [5, 5.41) is 8.68. The lowest BCUT2D eigenvalue weighted by Gasteiger charge is -2.31. The minimum atomic E-state index is -3.97. The molecular weight excluding hydrogens is 503 g/mol. The number of hydrogen-bond acceptors (Lipinski definition) is 6. The summed E-state index contributed by atoms with van der Waals surface area (Å²) in [6, 6.07) is 10.8. The van der Waals surface area contributed by atoms with E-state index >= 15 is 0 Å². The molecule has 0 N–H and O–H groups in total. The van der Waals surface area contributed by atoms with Crippen LogP contribution in [0.15, 0.2) is 47.4 Å². The highest BCUT2D eigenvalue weighted by Gasteiger charge is 2.29. The van der Waals surface area contributed by atoms with Crippen molar-refractivity contribution in [2.75, 3.05) is 44.1 Å². The normalized spacial score (nSPS) is 15.4. The van der Waals surface area contributed by atoms with Gasteiger partial charge in [0.1, 0.15) is 11.6 Å². The third-order valence-electron chi connectivity index (χ3n) is 6.52. The van der Waals surface area contributed by atoms with Crippen molar-refractivity contribution in [2.24, 2.45) is 7.05 Å². The second-order valence-corrected chi connectivity index (χ2v) is 11.4. The van der Waals surface area contributed by atoms with E-state index in [1.54, 1.807) is 18.2 Å². The van der Waals surface area contributed by atoms with Crippen molar-refractivity contribution in [2.45, 2.75) is 31.2 Å². The molecule has 0 amide bonds. The van der Waals surface area contributed by atoms with E-state index in [4.69, 9.17) is 11.6 Å². The Balaban J connectivity index is 1.78. The molecule has 0 spiro atoms. The van der Waals surface area contributed by atoms with Crippen LogP contribution in [0.4, 0.5) is 10.1 Å². The molecular formula is C25H32ClFN6O2S. The van der Waals surface area contributed by atoms with E-state index in [0.29, 0.717) is 24.4 Å². The van der Waals surface area contributed by atoms with Gasteiger partial charge in [0.2, 0.25) is 0 Å². The molecule has 0 radical (unpaired) electrons. The zero-order chi connectivity index (χ0) is 25.9. The average Bonchev–Trinajstić information content (AvgIpc) is 3.22. The van der Waals surface area contributed by atoms with Gasteiger partial charge >= 0.3 is 0 Å². The Morgan fingerprint density at radius 3 is 2.42 bits per heavy atom. The summed E-state index contributed by atoms with van der Waals surface area (Å²) in [7, 11) is -0.0275. The molecule has 0 bridgehead atoms. The van der Waals surface area contributed by atoms with E-state index in [2.05, 4.69) is 27.0 Å². The van der Waals surface area contributed by atoms with Gasteiger partial charge in [0, 0.05) is 51.4 Å². The van der Waals surface area contributed by atoms with Crippen LogP contribution in [-0.4, -0.2) is 72.8 Å². The fraction of sp³-hybridized carbons (Fsp3) is 0.440. The summed E-state index contributed by atoms with van der Waals surface area (Å²) in [5.74, 6) is 0.479. The number of halogens is 2. The molecule has 8 nitrogen and oxygen atoms in total. The Hall–Kier alpha value is -2.53. The molecule has 0 aliphatic carbocycles. The monoisotopic (exact) mass is 534 g/mol. The second-order valence-electron chi connectivity index (χ2n) is 9.11. The summed E-state index contributed by atoms with van der Waals surface area (Å²) in [5.41, 5.74) is 0.604. The van der Waals surface area contributed by atoms with E-state index < -0.39 is 15.8 Å². The lowest BCUT2D eigenvalue weighted by molar-refractivity contribution is 0.144. The fourth-order valence-corrected chi connectivity index (χ4v) is 5.95. The van der Waals surface area contributed by atoms with Crippen LogP contribution >= 0.6 is 11.6 Å². The van der Waals surface area contributed by atoms with Gasteiger partial charge in [-0.25, -0.2) is 12.8 Å². The summed E-state index contributed by atoms with van der Waals surface area (Å²) in [4.78, 5) is 4.72. The second kappa shape index (κ2) is 11.2. The smallest absolute Gasteiger partial charge is 0.264 e. The van der Waals surface area contributed by atoms with E-state index in [0.717, 1.165) is 38.4 Å². The van der Waals surface area contributed by atoms with Gasteiger partial charge in [0.05, 0.1) is 22.2 Å². The number of nitrogens with zero attached hydrogens (tertiary/aromatic N) is 6. The number of hydrogen-bond donors (Lipinski definition) is 0. The lowest BCUT2D eigenvalue weighted by atomic mass is 10.1. The van der Waals surface area contributed by atoms with Gasteiger partial charge in [-0.15, -0.1) is 10.2 Å². The average molecular weight is 535 g/mol. The van der Waals surface area contributed by atoms with Gasteiger partial charge in [0.25, 0.3) is 10.0 Å². The molecule has 2 aromatic carbocycles. The molecule has 1 aliphatic rings. The number of piperazine rings is 1. The minimum Gasteiger partial charge on any atom is -0.313 e. The van der Waals surface area contributed by atoms with Crippen molar-refractivity contribution in [3.63, 3.8) is 0 Å². The van der Waals surface area contributed by atoms with Crippen molar-refractivity contribution in [3.8, 4) is 11.4 Å². The van der Waals surface area contributed by atoms with Gasteiger partial charge in [0.15, 0.2) is 5.82 Å². The number of aromatic nitrogens is 3. The van der Waals surface area contributed by atoms with E-state index in [-0.39, 0.29) is 22.2 Å². The summed E-state index contributed by atoms with van der Waals surface area (Å²) in [6.45, 7) is 6.58. The largest absolute Gasteiger partial charge is 0.313 e. The number of rotatable bonds is 9. The Bertz CT molecular complexity index is 1290. The predicted octanol–water partition coefficient (Wildman–Crippen LogP) is 4.02. The standard InChI is InChI=1S/C25H32ClFN6O2S/c1-4-5-11-33(36(34,35)19-9-7-6-8-10-19)23-17-22(27)21(26)16-20(23)25-29-28-24(31(25)3)18-32-14-12-30(2)13-15-32/h6-10,16-17H,4-5,11-15,18H2,1-3H3. The predicted molar refractivity (Wildman–Crippen MR) is 140 cm³/mol. The van der Waals surface area contributed by atoms with Crippen LogP contribution < -0.4 is 4.31 Å². The van der Waals surface area contributed by atoms with E-state index in [1.807, 2.05) is 18.5 Å². The van der Waals surface area contributed by atoms with Crippen molar-refractivity contribution < 1.29 is 12.8 Å². The summed E-state index contributed by atoms with van der Waals surface area (Å²) >= 11 is 6.19. The first-order chi connectivity index (χ1) is 17.2. The van der Waals surface area contributed by atoms with E-state index in [9.17, 15) is 12.8 Å². The van der Waals surface area contributed by atoms with Crippen molar-refractivity contribution in [1.29, 1.82) is 0 Å². The first-order valence-corrected chi connectivity index (χ1v) is 13.9. The third kappa shape index (κ3) is 5.56. The zero-order valence-electron chi connectivity index (χ0n) is 20.9. The van der Waals surface area contributed by atoms with Crippen molar-refractivity contribution >= 4 is 27.3 Å². The Labute approximate surface area is 217 Å². The molecule has 1 fully saturated rings. The molecule has 11 heteroatoms. The Morgan fingerprint density at radius 1 is 1.06 bits per heavy atom. The molecule has 36 heavy (non-hydrogen) atoms. The fourth-order valence-electron chi connectivity index (χ4n) is 4.25. The number of likely N-dealkylation sites (N-methyl/N-ethyl adjacent to an activating group) is 1. The maximum absolute atomic E-state index is 14.8. The van der Waals surface area contributed by atoms with Crippen LogP contribution in [0.1, 0.15) is 25.6 Å². The van der Waals surface area contributed by atoms with Gasteiger partial charge in [-0.3, -0.25) is 9.21 Å². The summed E-state index contributed by atoms with van der Waals surface area (Å²) in [6.07, 6.45) is 1.37. The first kappa shape index (κ1) is 26.5. The van der Waals surface area contributed by atoms with Crippen molar-refractivity contribution in [1.82, 2.24) is 24.6 Å². The third-order valence-corrected chi connectivity index (χ3v) is 8.64. The SMILES string of the molecule is CCCCN(c1cc(F)c(Cl)cc1-c1nnc(CN2CCN(C)CC2)n1C)S(=O)(=O)c1ccccc1. The molecule has 0 saturated carbocycles. The number of anilines is 1. The van der Waals surface area contributed by atoms with Gasteiger partial charge in [-0.1, -0.05) is 43.1 Å². The molecule has 0 atom stereocenters.